The van der Waals surface area contributed by atoms with E-state index in [4.69, 9.17) is 5.11 Å². The minimum Gasteiger partial charge on any atom is -0.478 e. The fourth-order valence-corrected chi connectivity index (χ4v) is 1.45. The van der Waals surface area contributed by atoms with Crippen molar-refractivity contribution >= 4 is 12.0 Å². The Bertz CT molecular complexity index is 410. The summed E-state index contributed by atoms with van der Waals surface area (Å²) in [4.78, 5) is 12.7. The Labute approximate surface area is 102 Å². The molecule has 0 aromatic heterocycles. The van der Waals surface area contributed by atoms with Gasteiger partial charge in [-0.25, -0.2) is 4.79 Å². The minimum absolute atomic E-state index is 0.464. The highest BCUT2D eigenvalue weighted by atomic mass is 16.4. The Morgan fingerprint density at radius 1 is 1.41 bits per heavy atom. The van der Waals surface area contributed by atoms with Crippen LogP contribution in [0.25, 0.3) is 6.08 Å². The summed E-state index contributed by atoms with van der Waals surface area (Å²) in [5.74, 6) is -0.919. The summed E-state index contributed by atoms with van der Waals surface area (Å²) in [5, 5.41) is 8.64. The predicted molar refractivity (Wildman–Crippen MR) is 69.7 cm³/mol. The van der Waals surface area contributed by atoms with Crippen molar-refractivity contribution < 1.29 is 9.90 Å². The molecule has 0 aliphatic carbocycles. The summed E-state index contributed by atoms with van der Waals surface area (Å²) in [6, 6.07) is 8.32. The first-order chi connectivity index (χ1) is 8.00. The number of carbonyl (C=O) groups is 1. The molecule has 0 aliphatic heterocycles. The number of rotatable bonds is 5. The number of nitrogens with zero attached hydrogens (tertiary/aromatic N) is 1. The van der Waals surface area contributed by atoms with Gasteiger partial charge in [-0.3, -0.25) is 4.90 Å². The van der Waals surface area contributed by atoms with E-state index in [9.17, 15) is 4.79 Å². The first-order valence-corrected chi connectivity index (χ1v) is 5.70. The van der Waals surface area contributed by atoms with E-state index in [1.165, 1.54) is 6.08 Å². The number of hydrogen-bond donors (Lipinski definition) is 1. The van der Waals surface area contributed by atoms with Gasteiger partial charge in [-0.1, -0.05) is 24.3 Å². The second-order valence-electron chi connectivity index (χ2n) is 4.38. The molecule has 1 rings (SSSR count). The lowest BCUT2D eigenvalue weighted by Gasteiger charge is -2.21. The lowest BCUT2D eigenvalue weighted by molar-refractivity contribution is -0.131. The van der Waals surface area contributed by atoms with Gasteiger partial charge < -0.3 is 5.11 Å². The van der Waals surface area contributed by atoms with E-state index in [1.54, 1.807) is 6.08 Å². The molecule has 1 aromatic rings. The van der Waals surface area contributed by atoms with Crippen LogP contribution in [-0.2, 0) is 11.3 Å². The fourth-order valence-electron chi connectivity index (χ4n) is 1.45. The number of carboxylic acid groups (broad SMARTS) is 1. The van der Waals surface area contributed by atoms with Crippen LogP contribution in [0.1, 0.15) is 25.0 Å². The number of hydrogen-bond acceptors (Lipinski definition) is 2. The maximum Gasteiger partial charge on any atom is 0.328 e. The molecule has 0 radical (unpaired) electrons. The molecule has 3 nitrogen and oxygen atoms in total. The Balaban J connectivity index is 2.88. The van der Waals surface area contributed by atoms with Gasteiger partial charge in [0.05, 0.1) is 0 Å². The van der Waals surface area contributed by atoms with E-state index < -0.39 is 5.97 Å². The van der Waals surface area contributed by atoms with Crippen LogP contribution in [0.2, 0.25) is 0 Å². The van der Waals surface area contributed by atoms with E-state index in [0.29, 0.717) is 6.04 Å². The Morgan fingerprint density at radius 2 is 2.06 bits per heavy atom. The van der Waals surface area contributed by atoms with E-state index in [1.807, 2.05) is 24.3 Å². The molecule has 0 unspecified atom stereocenters. The minimum atomic E-state index is -0.919. The molecule has 3 heteroatoms. The van der Waals surface area contributed by atoms with Crippen LogP contribution in [0.15, 0.2) is 30.3 Å². The summed E-state index contributed by atoms with van der Waals surface area (Å²) in [6.45, 7) is 5.09. The quantitative estimate of drug-likeness (QED) is 0.795. The van der Waals surface area contributed by atoms with Gasteiger partial charge in [-0.2, -0.15) is 0 Å². The molecule has 0 saturated heterocycles. The molecule has 1 N–H and O–H groups in total. The van der Waals surface area contributed by atoms with Crippen LogP contribution in [0, 0.1) is 0 Å². The molecule has 17 heavy (non-hydrogen) atoms. The van der Waals surface area contributed by atoms with Crippen molar-refractivity contribution in [2.24, 2.45) is 0 Å². The summed E-state index contributed by atoms with van der Waals surface area (Å²) in [6.07, 6.45) is 2.82. The third kappa shape index (κ3) is 4.41. The Hall–Kier alpha value is -1.61. The van der Waals surface area contributed by atoms with Gasteiger partial charge in [0.25, 0.3) is 0 Å². The van der Waals surface area contributed by atoms with Crippen LogP contribution < -0.4 is 0 Å². The first kappa shape index (κ1) is 13.5. The van der Waals surface area contributed by atoms with Crippen molar-refractivity contribution in [3.05, 3.63) is 41.5 Å². The first-order valence-electron chi connectivity index (χ1n) is 5.70. The zero-order valence-corrected chi connectivity index (χ0v) is 10.6. The molecule has 0 fully saturated rings. The lowest BCUT2D eigenvalue weighted by atomic mass is 10.1. The number of benzene rings is 1. The van der Waals surface area contributed by atoms with Crippen LogP contribution in [-0.4, -0.2) is 29.1 Å². The fraction of sp³-hybridized carbons (Fsp3) is 0.357. The highest BCUT2D eigenvalue weighted by Crippen LogP contribution is 2.14. The van der Waals surface area contributed by atoms with Crippen molar-refractivity contribution in [2.75, 3.05) is 7.05 Å². The van der Waals surface area contributed by atoms with E-state index in [0.717, 1.165) is 17.7 Å². The van der Waals surface area contributed by atoms with Gasteiger partial charge in [-0.05, 0) is 38.1 Å². The maximum absolute atomic E-state index is 10.5. The van der Waals surface area contributed by atoms with Gasteiger partial charge in [0, 0.05) is 18.7 Å². The second kappa shape index (κ2) is 6.21. The monoisotopic (exact) mass is 233 g/mol. The molecular weight excluding hydrogens is 214 g/mol. The predicted octanol–water partition coefficient (Wildman–Crippen LogP) is 2.62. The molecular formula is C14H19NO2. The molecule has 1 aromatic carbocycles. The third-order valence-electron chi connectivity index (χ3n) is 2.76. The normalized spacial score (nSPS) is 11.6. The highest BCUT2D eigenvalue weighted by Gasteiger charge is 2.06. The SMILES string of the molecule is CC(C)N(C)Cc1ccccc1/C=C/C(=O)O. The highest BCUT2D eigenvalue weighted by molar-refractivity contribution is 5.85. The van der Waals surface area contributed by atoms with Crippen LogP contribution in [0.4, 0.5) is 0 Å². The average Bonchev–Trinajstić information content (AvgIpc) is 2.27. The largest absolute Gasteiger partial charge is 0.478 e. The lowest BCUT2D eigenvalue weighted by Crippen LogP contribution is -2.25. The molecule has 0 aliphatic rings. The number of aliphatic carboxylic acids is 1. The summed E-state index contributed by atoms with van der Waals surface area (Å²) < 4.78 is 0. The van der Waals surface area contributed by atoms with Crippen molar-refractivity contribution in [2.45, 2.75) is 26.4 Å². The van der Waals surface area contributed by atoms with Crippen molar-refractivity contribution in [3.8, 4) is 0 Å². The number of carboxylic acids is 1. The van der Waals surface area contributed by atoms with Gasteiger partial charge >= 0.3 is 5.97 Å². The Kier molecular flexibility index (Phi) is 4.91. The molecule has 0 saturated carbocycles. The van der Waals surface area contributed by atoms with Crippen LogP contribution >= 0.6 is 0 Å². The second-order valence-corrected chi connectivity index (χ2v) is 4.38. The maximum atomic E-state index is 10.5. The van der Waals surface area contributed by atoms with Crippen molar-refractivity contribution in [1.29, 1.82) is 0 Å². The summed E-state index contributed by atoms with van der Waals surface area (Å²) in [5.41, 5.74) is 2.10. The molecule has 0 amide bonds. The third-order valence-corrected chi connectivity index (χ3v) is 2.76. The standard InChI is InChI=1S/C14H19NO2/c1-11(2)15(3)10-13-7-5-4-6-12(13)8-9-14(16)17/h4-9,11H,10H2,1-3H3,(H,16,17)/b9-8+. The molecule has 0 spiro atoms. The summed E-state index contributed by atoms with van der Waals surface area (Å²) in [7, 11) is 2.06. The van der Waals surface area contributed by atoms with Crippen molar-refractivity contribution in [1.82, 2.24) is 4.90 Å². The van der Waals surface area contributed by atoms with Gasteiger partial charge in [0.15, 0.2) is 0 Å². The average molecular weight is 233 g/mol. The zero-order valence-electron chi connectivity index (χ0n) is 10.6. The van der Waals surface area contributed by atoms with Gasteiger partial charge in [-0.15, -0.1) is 0 Å². The molecule has 0 atom stereocenters. The van der Waals surface area contributed by atoms with Crippen LogP contribution in [0.5, 0.6) is 0 Å². The van der Waals surface area contributed by atoms with Gasteiger partial charge in [0.1, 0.15) is 0 Å². The van der Waals surface area contributed by atoms with Crippen molar-refractivity contribution in [3.63, 3.8) is 0 Å². The van der Waals surface area contributed by atoms with E-state index in [2.05, 4.69) is 25.8 Å². The molecule has 92 valence electrons. The topological polar surface area (TPSA) is 40.5 Å². The van der Waals surface area contributed by atoms with E-state index in [-0.39, 0.29) is 0 Å². The molecule has 0 bridgehead atoms. The van der Waals surface area contributed by atoms with Gasteiger partial charge in [0.2, 0.25) is 0 Å². The van der Waals surface area contributed by atoms with E-state index >= 15 is 0 Å². The summed E-state index contributed by atoms with van der Waals surface area (Å²) >= 11 is 0. The molecule has 0 heterocycles. The smallest absolute Gasteiger partial charge is 0.328 e. The zero-order chi connectivity index (χ0) is 12.8. The van der Waals surface area contributed by atoms with Crippen LogP contribution in [0.3, 0.4) is 0 Å². The Morgan fingerprint density at radius 3 is 2.65 bits per heavy atom.